The Balaban J connectivity index is 1.86. The van der Waals surface area contributed by atoms with Gasteiger partial charge in [-0.05, 0) is 43.4 Å². The molecule has 0 spiro atoms. The van der Waals surface area contributed by atoms with Crippen molar-refractivity contribution in [3.63, 3.8) is 0 Å². The molecule has 0 heterocycles. The quantitative estimate of drug-likeness (QED) is 0.769. The normalized spacial score (nSPS) is 17.4. The van der Waals surface area contributed by atoms with Crippen LogP contribution in [-0.4, -0.2) is 34.2 Å². The van der Waals surface area contributed by atoms with Crippen molar-refractivity contribution in [2.45, 2.75) is 37.2 Å². The first kappa shape index (κ1) is 14.7. The van der Waals surface area contributed by atoms with E-state index in [1.807, 2.05) is 0 Å². The summed E-state index contributed by atoms with van der Waals surface area (Å²) in [5.74, 6) is -5.12. The maximum Gasteiger partial charge on any atom is 0.352 e. The number of phenols is 1. The van der Waals surface area contributed by atoms with Crippen molar-refractivity contribution in [1.82, 2.24) is 5.32 Å². The van der Waals surface area contributed by atoms with Crippen molar-refractivity contribution >= 4 is 5.91 Å². The number of aliphatic hydroxyl groups is 1. The van der Waals surface area contributed by atoms with Crippen LogP contribution in [0.15, 0.2) is 24.3 Å². The lowest BCUT2D eigenvalue weighted by atomic mass is 9.75. The summed E-state index contributed by atoms with van der Waals surface area (Å²) in [7, 11) is 0. The molecule has 1 fully saturated rings. The number of halogens is 2. The van der Waals surface area contributed by atoms with Gasteiger partial charge in [-0.2, -0.15) is 8.78 Å². The van der Waals surface area contributed by atoms with Crippen LogP contribution in [0.2, 0.25) is 0 Å². The van der Waals surface area contributed by atoms with Crippen LogP contribution in [0, 0.1) is 0 Å². The fourth-order valence-electron chi connectivity index (χ4n) is 2.18. The minimum absolute atomic E-state index is 0.0218. The van der Waals surface area contributed by atoms with Gasteiger partial charge in [-0.3, -0.25) is 4.79 Å². The fourth-order valence-corrected chi connectivity index (χ4v) is 2.18. The van der Waals surface area contributed by atoms with Crippen molar-refractivity contribution in [3.05, 3.63) is 29.8 Å². The summed E-state index contributed by atoms with van der Waals surface area (Å²) < 4.78 is 27.5. The second-order valence-electron chi connectivity index (χ2n) is 5.14. The molecular formula is C14H17F2NO3. The van der Waals surface area contributed by atoms with Gasteiger partial charge in [0.1, 0.15) is 11.4 Å². The van der Waals surface area contributed by atoms with Crippen LogP contribution < -0.4 is 5.32 Å². The average Bonchev–Trinajstić information content (AvgIpc) is 2.35. The van der Waals surface area contributed by atoms with Crippen LogP contribution >= 0.6 is 0 Å². The number of nitrogens with one attached hydrogen (secondary N) is 1. The third kappa shape index (κ3) is 2.75. The van der Waals surface area contributed by atoms with Crippen LogP contribution in [0.1, 0.15) is 24.8 Å². The third-order valence-corrected chi connectivity index (χ3v) is 3.66. The van der Waals surface area contributed by atoms with Gasteiger partial charge in [0.05, 0.1) is 0 Å². The van der Waals surface area contributed by atoms with E-state index in [2.05, 4.69) is 5.32 Å². The number of benzene rings is 1. The van der Waals surface area contributed by atoms with Crippen LogP contribution in [0.3, 0.4) is 0 Å². The van der Waals surface area contributed by atoms with Crippen molar-refractivity contribution < 1.29 is 23.8 Å². The highest BCUT2D eigenvalue weighted by Crippen LogP contribution is 2.44. The van der Waals surface area contributed by atoms with Crippen LogP contribution in [0.5, 0.6) is 5.75 Å². The van der Waals surface area contributed by atoms with Crippen LogP contribution in [-0.2, 0) is 11.2 Å². The van der Waals surface area contributed by atoms with Crippen molar-refractivity contribution in [2.75, 3.05) is 6.54 Å². The van der Waals surface area contributed by atoms with E-state index < -0.39 is 17.4 Å². The number of rotatable bonds is 5. The minimum atomic E-state index is -3.76. The van der Waals surface area contributed by atoms with Gasteiger partial charge in [-0.15, -0.1) is 0 Å². The molecule has 1 aliphatic carbocycles. The zero-order chi connectivity index (χ0) is 14.8. The molecule has 0 saturated heterocycles. The van der Waals surface area contributed by atoms with Gasteiger partial charge in [-0.25, -0.2) is 0 Å². The zero-order valence-electron chi connectivity index (χ0n) is 10.9. The highest BCUT2D eigenvalue weighted by Gasteiger charge is 2.60. The average molecular weight is 285 g/mol. The Kier molecular flexibility index (Phi) is 3.94. The number of alkyl halides is 2. The zero-order valence-corrected chi connectivity index (χ0v) is 10.9. The topological polar surface area (TPSA) is 69.6 Å². The van der Waals surface area contributed by atoms with Gasteiger partial charge < -0.3 is 15.5 Å². The first-order valence-electron chi connectivity index (χ1n) is 6.51. The highest BCUT2D eigenvalue weighted by atomic mass is 19.3. The van der Waals surface area contributed by atoms with Gasteiger partial charge >= 0.3 is 5.92 Å². The van der Waals surface area contributed by atoms with Gasteiger partial charge in [0.25, 0.3) is 5.91 Å². The van der Waals surface area contributed by atoms with E-state index in [1.54, 1.807) is 12.1 Å². The SMILES string of the molecule is O=C(NCCc1cccc(O)c1)C(F)(F)C1(O)CCC1. The molecule has 1 aromatic carbocycles. The van der Waals surface area contributed by atoms with Crippen molar-refractivity contribution in [2.24, 2.45) is 0 Å². The molecule has 1 saturated carbocycles. The molecule has 20 heavy (non-hydrogen) atoms. The Hall–Kier alpha value is -1.69. The number of carbonyl (C=O) groups excluding carboxylic acids is 1. The molecule has 0 aromatic heterocycles. The molecule has 0 atom stereocenters. The largest absolute Gasteiger partial charge is 0.508 e. The van der Waals surface area contributed by atoms with Gasteiger partial charge in [0.2, 0.25) is 0 Å². The first-order chi connectivity index (χ1) is 9.35. The van der Waals surface area contributed by atoms with E-state index in [1.165, 1.54) is 12.1 Å². The predicted molar refractivity (Wildman–Crippen MR) is 68.6 cm³/mol. The number of amides is 1. The summed E-state index contributed by atoms with van der Waals surface area (Å²) in [5, 5.41) is 21.0. The minimum Gasteiger partial charge on any atom is -0.508 e. The third-order valence-electron chi connectivity index (χ3n) is 3.66. The maximum absolute atomic E-state index is 13.7. The molecular weight excluding hydrogens is 268 g/mol. The number of hydrogen-bond donors (Lipinski definition) is 3. The van der Waals surface area contributed by atoms with Crippen LogP contribution in [0.25, 0.3) is 0 Å². The molecule has 1 aromatic rings. The van der Waals surface area contributed by atoms with Gasteiger partial charge in [0.15, 0.2) is 0 Å². The lowest BCUT2D eigenvalue weighted by Crippen LogP contribution is -2.60. The molecule has 6 heteroatoms. The summed E-state index contributed by atoms with van der Waals surface area (Å²) in [4.78, 5) is 11.5. The van der Waals surface area contributed by atoms with E-state index in [0.29, 0.717) is 12.8 Å². The Morgan fingerprint density at radius 3 is 2.65 bits per heavy atom. The molecule has 0 unspecified atom stereocenters. The molecule has 0 bridgehead atoms. The standard InChI is InChI=1S/C14H17F2NO3/c15-14(16,13(20)6-2-7-13)12(19)17-8-5-10-3-1-4-11(18)9-10/h1,3-4,9,18,20H,2,5-8H2,(H,17,19). The van der Waals surface area contributed by atoms with Gasteiger partial charge in [-0.1, -0.05) is 12.1 Å². The maximum atomic E-state index is 13.7. The van der Waals surface area contributed by atoms with E-state index in [4.69, 9.17) is 0 Å². The summed E-state index contributed by atoms with van der Waals surface area (Å²) in [6.45, 7) is 0.0218. The molecule has 3 N–H and O–H groups in total. The molecule has 1 aliphatic rings. The summed E-state index contributed by atoms with van der Waals surface area (Å²) in [5.41, 5.74) is -1.46. The summed E-state index contributed by atoms with van der Waals surface area (Å²) in [6.07, 6.45) is 0.720. The highest BCUT2D eigenvalue weighted by molar-refractivity contribution is 5.85. The van der Waals surface area contributed by atoms with Gasteiger partial charge in [0, 0.05) is 6.54 Å². The summed E-state index contributed by atoms with van der Waals surface area (Å²) >= 11 is 0. The number of phenolic OH excluding ortho intramolecular Hbond substituents is 1. The molecule has 1 amide bonds. The Bertz CT molecular complexity index is 501. The summed E-state index contributed by atoms with van der Waals surface area (Å²) in [6, 6.07) is 6.37. The first-order valence-corrected chi connectivity index (χ1v) is 6.51. The Labute approximate surface area is 115 Å². The molecule has 2 rings (SSSR count). The number of carbonyl (C=O) groups is 1. The van der Waals surface area contributed by atoms with E-state index in [0.717, 1.165) is 5.56 Å². The van der Waals surface area contributed by atoms with E-state index in [-0.39, 0.29) is 25.1 Å². The second-order valence-corrected chi connectivity index (χ2v) is 5.14. The monoisotopic (exact) mass is 285 g/mol. The van der Waals surface area contributed by atoms with Crippen LogP contribution in [0.4, 0.5) is 8.78 Å². The van der Waals surface area contributed by atoms with Crippen molar-refractivity contribution in [1.29, 1.82) is 0 Å². The predicted octanol–water partition coefficient (Wildman–Crippen LogP) is 1.60. The smallest absolute Gasteiger partial charge is 0.352 e. The molecule has 0 radical (unpaired) electrons. The molecule has 0 aliphatic heterocycles. The van der Waals surface area contributed by atoms with Crippen molar-refractivity contribution in [3.8, 4) is 5.75 Å². The number of hydrogen-bond acceptors (Lipinski definition) is 3. The Morgan fingerprint density at radius 2 is 2.10 bits per heavy atom. The number of aromatic hydroxyl groups is 1. The van der Waals surface area contributed by atoms with E-state index in [9.17, 15) is 23.8 Å². The van der Waals surface area contributed by atoms with E-state index >= 15 is 0 Å². The Morgan fingerprint density at radius 1 is 1.40 bits per heavy atom. The lowest BCUT2D eigenvalue weighted by Gasteiger charge is -2.41. The molecule has 110 valence electrons. The second kappa shape index (κ2) is 5.36. The molecule has 4 nitrogen and oxygen atoms in total. The fraction of sp³-hybridized carbons (Fsp3) is 0.500. The lowest BCUT2D eigenvalue weighted by molar-refractivity contribution is -0.215.